The van der Waals surface area contributed by atoms with Crippen molar-refractivity contribution in [1.82, 2.24) is 9.78 Å². The summed E-state index contributed by atoms with van der Waals surface area (Å²) < 4.78 is 7.25. The molecule has 166 valence electrons. The number of amides is 2. The lowest BCUT2D eigenvalue weighted by atomic mass is 10.0. The van der Waals surface area contributed by atoms with Crippen molar-refractivity contribution in [1.29, 1.82) is 0 Å². The molecule has 2 aromatic carbocycles. The Hall–Kier alpha value is -4.13. The van der Waals surface area contributed by atoms with Crippen LogP contribution in [-0.2, 0) is 11.3 Å². The molecule has 0 fully saturated rings. The van der Waals surface area contributed by atoms with E-state index < -0.39 is 0 Å². The molecule has 0 bridgehead atoms. The molecule has 0 radical (unpaired) electrons. The van der Waals surface area contributed by atoms with E-state index in [0.29, 0.717) is 24.5 Å². The predicted molar refractivity (Wildman–Crippen MR) is 126 cm³/mol. The first-order valence-electron chi connectivity index (χ1n) is 10.9. The Balaban J connectivity index is 1.52. The molecule has 2 amide bonds. The van der Waals surface area contributed by atoms with Crippen LogP contribution in [0.1, 0.15) is 30.0 Å². The minimum atomic E-state index is -0.228. The summed E-state index contributed by atoms with van der Waals surface area (Å²) in [6.45, 7) is 4.54. The maximum absolute atomic E-state index is 13.2. The molecule has 7 nitrogen and oxygen atoms in total. The maximum atomic E-state index is 13.2. The summed E-state index contributed by atoms with van der Waals surface area (Å²) >= 11 is 0. The standard InChI is InChI=1S/C26H24N4O3/c1-18-15-29(26(32)25-9-6-12-33-25)24-13-21(10-11-23(24)30(18)19(2)31)22-14-27-28(17-22)16-20-7-4-3-5-8-20/h3-14,17-18H,15-16H2,1-2H3/t18-/m0/s1. The van der Waals surface area contributed by atoms with Crippen molar-refractivity contribution in [2.45, 2.75) is 26.4 Å². The Morgan fingerprint density at radius 2 is 1.85 bits per heavy atom. The number of rotatable bonds is 4. The molecular weight excluding hydrogens is 416 g/mol. The molecule has 1 aliphatic heterocycles. The molecular formula is C26H24N4O3. The van der Waals surface area contributed by atoms with E-state index in [2.05, 4.69) is 17.2 Å². The van der Waals surface area contributed by atoms with Gasteiger partial charge in [-0.25, -0.2) is 0 Å². The molecule has 0 N–H and O–H groups in total. The van der Waals surface area contributed by atoms with Gasteiger partial charge in [0.25, 0.3) is 5.91 Å². The smallest absolute Gasteiger partial charge is 0.294 e. The number of hydrogen-bond donors (Lipinski definition) is 0. The van der Waals surface area contributed by atoms with Crippen LogP contribution in [0, 0.1) is 0 Å². The van der Waals surface area contributed by atoms with E-state index in [9.17, 15) is 9.59 Å². The van der Waals surface area contributed by atoms with Crippen molar-refractivity contribution in [2.24, 2.45) is 0 Å². The van der Waals surface area contributed by atoms with Crippen LogP contribution in [0.5, 0.6) is 0 Å². The van der Waals surface area contributed by atoms with Gasteiger partial charge in [-0.15, -0.1) is 0 Å². The Labute approximate surface area is 191 Å². The van der Waals surface area contributed by atoms with E-state index in [1.54, 1.807) is 28.9 Å². The third-order valence-electron chi connectivity index (χ3n) is 5.88. The van der Waals surface area contributed by atoms with Gasteiger partial charge in [0, 0.05) is 25.2 Å². The molecule has 7 heteroatoms. The minimum absolute atomic E-state index is 0.0581. The SMILES string of the molecule is CC(=O)N1c2ccc(-c3cnn(Cc4ccccc4)c3)cc2N(C(=O)c2ccco2)C[C@@H]1C. The number of fused-ring (bicyclic) bond motifs is 1. The van der Waals surface area contributed by atoms with Gasteiger partial charge in [-0.05, 0) is 42.3 Å². The van der Waals surface area contributed by atoms with E-state index >= 15 is 0 Å². The highest BCUT2D eigenvalue weighted by molar-refractivity contribution is 6.10. The highest BCUT2D eigenvalue weighted by atomic mass is 16.3. The summed E-state index contributed by atoms with van der Waals surface area (Å²) in [5.41, 5.74) is 4.41. The Bertz CT molecular complexity index is 1290. The largest absolute Gasteiger partial charge is 0.459 e. The lowest BCUT2D eigenvalue weighted by Gasteiger charge is -2.40. The molecule has 2 aromatic heterocycles. The van der Waals surface area contributed by atoms with Crippen LogP contribution in [0.15, 0.2) is 83.7 Å². The number of hydrogen-bond acceptors (Lipinski definition) is 4. The molecule has 0 saturated carbocycles. The van der Waals surface area contributed by atoms with E-state index in [1.807, 2.05) is 60.4 Å². The van der Waals surface area contributed by atoms with Crippen molar-refractivity contribution in [3.8, 4) is 11.1 Å². The second-order valence-electron chi connectivity index (χ2n) is 8.25. The number of furan rings is 1. The van der Waals surface area contributed by atoms with Crippen molar-refractivity contribution in [3.63, 3.8) is 0 Å². The van der Waals surface area contributed by atoms with Crippen molar-refractivity contribution >= 4 is 23.2 Å². The minimum Gasteiger partial charge on any atom is -0.459 e. The summed E-state index contributed by atoms with van der Waals surface area (Å²) in [4.78, 5) is 29.0. The zero-order chi connectivity index (χ0) is 22.9. The highest BCUT2D eigenvalue weighted by Crippen LogP contribution is 2.39. The fourth-order valence-electron chi connectivity index (χ4n) is 4.38. The van der Waals surface area contributed by atoms with Crippen LogP contribution in [0.2, 0.25) is 0 Å². The van der Waals surface area contributed by atoms with Crippen molar-refractivity contribution < 1.29 is 14.0 Å². The molecule has 1 atom stereocenters. The summed E-state index contributed by atoms with van der Waals surface area (Å²) in [7, 11) is 0. The number of anilines is 2. The lowest BCUT2D eigenvalue weighted by molar-refractivity contribution is -0.117. The second-order valence-corrected chi connectivity index (χ2v) is 8.25. The Morgan fingerprint density at radius 1 is 1.03 bits per heavy atom. The molecule has 0 spiro atoms. The molecule has 4 aromatic rings. The first-order chi connectivity index (χ1) is 16.0. The quantitative estimate of drug-likeness (QED) is 0.465. The second kappa shape index (κ2) is 8.43. The molecule has 5 rings (SSSR count). The van der Waals surface area contributed by atoms with Gasteiger partial charge in [0.2, 0.25) is 5.91 Å². The summed E-state index contributed by atoms with van der Waals surface area (Å²) in [6.07, 6.45) is 5.29. The average Bonchev–Trinajstić information content (AvgIpc) is 3.51. The number of carbonyl (C=O) groups is 2. The highest BCUT2D eigenvalue weighted by Gasteiger charge is 2.35. The van der Waals surface area contributed by atoms with E-state index in [4.69, 9.17) is 4.42 Å². The topological polar surface area (TPSA) is 71.6 Å². The first-order valence-corrected chi connectivity index (χ1v) is 10.9. The van der Waals surface area contributed by atoms with Crippen LogP contribution in [0.4, 0.5) is 11.4 Å². The van der Waals surface area contributed by atoms with E-state index in [1.165, 1.54) is 11.8 Å². The normalized spacial score (nSPS) is 15.4. The van der Waals surface area contributed by atoms with Gasteiger partial charge in [-0.2, -0.15) is 5.10 Å². The molecule has 0 unspecified atom stereocenters. The van der Waals surface area contributed by atoms with Crippen LogP contribution in [0.3, 0.4) is 0 Å². The van der Waals surface area contributed by atoms with Crippen LogP contribution >= 0.6 is 0 Å². The monoisotopic (exact) mass is 440 g/mol. The number of aromatic nitrogens is 2. The Kier molecular flexibility index (Phi) is 5.30. The zero-order valence-electron chi connectivity index (χ0n) is 18.5. The average molecular weight is 441 g/mol. The predicted octanol–water partition coefficient (Wildman–Crippen LogP) is 4.59. The zero-order valence-corrected chi connectivity index (χ0v) is 18.5. The third-order valence-corrected chi connectivity index (χ3v) is 5.88. The lowest BCUT2D eigenvalue weighted by Crippen LogP contribution is -2.51. The maximum Gasteiger partial charge on any atom is 0.294 e. The Morgan fingerprint density at radius 3 is 2.58 bits per heavy atom. The number of nitrogens with zero attached hydrogens (tertiary/aromatic N) is 4. The number of benzene rings is 2. The van der Waals surface area contributed by atoms with Gasteiger partial charge < -0.3 is 14.2 Å². The fourth-order valence-corrected chi connectivity index (χ4v) is 4.38. The van der Waals surface area contributed by atoms with Crippen LogP contribution in [0.25, 0.3) is 11.1 Å². The van der Waals surface area contributed by atoms with E-state index in [-0.39, 0.29) is 23.6 Å². The van der Waals surface area contributed by atoms with E-state index in [0.717, 1.165) is 11.1 Å². The molecule has 0 saturated heterocycles. The first kappa shape index (κ1) is 20.8. The van der Waals surface area contributed by atoms with Crippen LogP contribution < -0.4 is 9.80 Å². The summed E-state index contributed by atoms with van der Waals surface area (Å²) in [5.74, 6) is -0.0176. The molecule has 33 heavy (non-hydrogen) atoms. The van der Waals surface area contributed by atoms with Gasteiger partial charge >= 0.3 is 0 Å². The molecule has 1 aliphatic rings. The third kappa shape index (κ3) is 3.93. The van der Waals surface area contributed by atoms with Gasteiger partial charge in [-0.3, -0.25) is 14.3 Å². The van der Waals surface area contributed by atoms with Gasteiger partial charge in [0.15, 0.2) is 5.76 Å². The van der Waals surface area contributed by atoms with Crippen LogP contribution in [-0.4, -0.2) is 34.2 Å². The molecule has 0 aliphatic carbocycles. The van der Waals surface area contributed by atoms with Crippen molar-refractivity contribution in [3.05, 3.63) is 90.6 Å². The fraction of sp³-hybridized carbons (Fsp3) is 0.192. The van der Waals surface area contributed by atoms with Gasteiger partial charge in [-0.1, -0.05) is 36.4 Å². The van der Waals surface area contributed by atoms with Gasteiger partial charge in [0.1, 0.15) is 0 Å². The summed E-state index contributed by atoms with van der Waals surface area (Å²) in [6, 6.07) is 19.1. The van der Waals surface area contributed by atoms with Gasteiger partial charge in [0.05, 0.1) is 36.4 Å². The van der Waals surface area contributed by atoms with Crippen molar-refractivity contribution in [2.75, 3.05) is 16.3 Å². The number of carbonyl (C=O) groups excluding carboxylic acids is 2. The molecule has 3 heterocycles. The summed E-state index contributed by atoms with van der Waals surface area (Å²) in [5, 5.41) is 4.51.